The number of aromatic hydroxyl groups is 1. The molecule has 1 saturated carbocycles. The first kappa shape index (κ1) is 32.6. The lowest BCUT2D eigenvalue weighted by molar-refractivity contribution is -0.138. The molecule has 12 heteroatoms. The molecular weight excluding hydrogens is 779 g/mol. The van der Waals surface area contributed by atoms with Gasteiger partial charge in [-0.2, -0.15) is 5.01 Å². The van der Waals surface area contributed by atoms with E-state index in [0.717, 1.165) is 14.6 Å². The van der Waals surface area contributed by atoms with Gasteiger partial charge in [0.05, 0.1) is 34.5 Å². The summed E-state index contributed by atoms with van der Waals surface area (Å²) in [6, 6.07) is 22.7. The van der Waals surface area contributed by atoms with E-state index < -0.39 is 70.1 Å². The van der Waals surface area contributed by atoms with Crippen LogP contribution in [0.4, 0.5) is 20.2 Å². The number of para-hydroxylation sites is 1. The highest BCUT2D eigenvalue weighted by molar-refractivity contribution is 14.1. The van der Waals surface area contributed by atoms with Crippen molar-refractivity contribution in [1.82, 2.24) is 5.01 Å². The Kier molecular flexibility index (Phi) is 7.83. The summed E-state index contributed by atoms with van der Waals surface area (Å²) in [5.74, 6) is -8.76. The molecule has 8 nitrogen and oxygen atoms in total. The van der Waals surface area contributed by atoms with Crippen molar-refractivity contribution in [2.75, 3.05) is 10.3 Å². The monoisotopic (exact) mass is 805 g/mol. The Bertz CT molecular complexity index is 2130. The summed E-state index contributed by atoms with van der Waals surface area (Å²) in [5.41, 5.74) is 2.85. The molecule has 0 bridgehead atoms. The molecule has 50 heavy (non-hydrogen) atoms. The first-order chi connectivity index (χ1) is 24.0. The number of hydrogen-bond donors (Lipinski definition) is 2. The van der Waals surface area contributed by atoms with Gasteiger partial charge in [0.15, 0.2) is 11.6 Å². The number of allylic oxidation sites excluding steroid dienone is 2. The van der Waals surface area contributed by atoms with Crippen LogP contribution in [-0.2, 0) is 24.6 Å². The van der Waals surface area contributed by atoms with E-state index in [9.17, 15) is 23.9 Å². The number of carbonyl (C=O) groups is 4. The number of hydrazine groups is 1. The molecule has 2 N–H and O–H groups in total. The van der Waals surface area contributed by atoms with Crippen molar-refractivity contribution in [3.8, 4) is 5.75 Å². The fraction of sp³-hybridized carbons (Fsp3) is 0.211. The number of imide groups is 2. The lowest BCUT2D eigenvalue weighted by atomic mass is 9.49. The maximum absolute atomic E-state index is 15.3. The average Bonchev–Trinajstić information content (AvgIpc) is 3.48. The number of phenolic OH excluding ortho intramolecular Hbond substituents is 1. The van der Waals surface area contributed by atoms with Gasteiger partial charge in [0.25, 0.3) is 11.8 Å². The molecule has 3 fully saturated rings. The second kappa shape index (κ2) is 12.0. The number of halogens is 4. The summed E-state index contributed by atoms with van der Waals surface area (Å²) >= 11 is 8.44. The predicted octanol–water partition coefficient (Wildman–Crippen LogP) is 7.12. The lowest BCUT2D eigenvalue weighted by Gasteiger charge is -2.50. The summed E-state index contributed by atoms with van der Waals surface area (Å²) in [7, 11) is 0. The van der Waals surface area contributed by atoms with Crippen LogP contribution in [0.3, 0.4) is 0 Å². The van der Waals surface area contributed by atoms with Crippen LogP contribution in [0.5, 0.6) is 5.75 Å². The van der Waals surface area contributed by atoms with E-state index in [1.807, 2.05) is 6.08 Å². The zero-order valence-electron chi connectivity index (χ0n) is 26.0. The van der Waals surface area contributed by atoms with Crippen molar-refractivity contribution in [3.63, 3.8) is 0 Å². The minimum Gasteiger partial charge on any atom is -0.505 e. The summed E-state index contributed by atoms with van der Waals surface area (Å²) in [6.45, 7) is 0. The molecule has 2 aliphatic heterocycles. The van der Waals surface area contributed by atoms with E-state index in [1.165, 1.54) is 41.3 Å². The first-order valence-electron chi connectivity index (χ1n) is 16.0. The second-order valence-corrected chi connectivity index (χ2v) is 14.7. The van der Waals surface area contributed by atoms with Crippen molar-refractivity contribution < 1.29 is 33.1 Å². The number of rotatable bonds is 5. The SMILES string of the molecule is O=C1[C@@H]2C[C@@H]3C(=CC[C@@H]4C(=O)N(c5ccc(I)cc5)C(=O)[C@@H]43)[C@H](c3cccc(F)c3O)[C@]2(c2ccc(Cl)cc2)C(=O)N1Nc1ccc(F)cc1. The molecular formula is C38H27ClF2IN3O5. The van der Waals surface area contributed by atoms with E-state index in [1.54, 1.807) is 48.5 Å². The van der Waals surface area contributed by atoms with E-state index >= 15 is 9.18 Å². The van der Waals surface area contributed by atoms with Gasteiger partial charge in [0, 0.05) is 20.1 Å². The largest absolute Gasteiger partial charge is 0.505 e. The van der Waals surface area contributed by atoms with E-state index in [2.05, 4.69) is 28.0 Å². The highest BCUT2D eigenvalue weighted by Crippen LogP contribution is 2.65. The molecule has 4 aromatic rings. The van der Waals surface area contributed by atoms with Gasteiger partial charge in [-0.05, 0) is 114 Å². The number of carbonyl (C=O) groups excluding carboxylic acids is 4. The second-order valence-electron chi connectivity index (χ2n) is 13.0. The number of benzene rings is 4. The molecule has 0 unspecified atom stereocenters. The smallest absolute Gasteiger partial charge is 0.260 e. The standard InChI is InChI=1S/C38H27ClF2IN3O5/c39-20-6-4-19(5-7-20)38-29(35(48)45(37(38)50)43-23-12-8-21(40)9-13-23)18-28-25(32(38)27-2-1-3-30(41)33(27)46)16-17-26-31(28)36(49)44(34(26)47)24-14-10-22(42)11-15-24/h1-16,26,28-29,31-32,43,46H,17-18H2/t26-,28+,29-,31-,32+,38+/m0/s1. The number of amides is 4. The molecule has 2 aliphatic carbocycles. The molecule has 0 aromatic heterocycles. The molecule has 8 rings (SSSR count). The molecule has 0 radical (unpaired) electrons. The fourth-order valence-corrected chi connectivity index (χ4v) is 9.09. The highest BCUT2D eigenvalue weighted by Gasteiger charge is 2.70. The molecule has 4 amide bonds. The van der Waals surface area contributed by atoms with Crippen molar-refractivity contribution in [2.24, 2.45) is 23.7 Å². The Morgan fingerprint density at radius 1 is 0.840 bits per heavy atom. The zero-order valence-corrected chi connectivity index (χ0v) is 28.9. The number of nitrogens with zero attached hydrogens (tertiary/aromatic N) is 2. The van der Waals surface area contributed by atoms with Gasteiger partial charge in [-0.3, -0.25) is 29.5 Å². The Hall–Kier alpha value is -4.62. The fourth-order valence-electron chi connectivity index (χ4n) is 8.61. The molecule has 4 aliphatic rings. The molecule has 0 spiro atoms. The third-order valence-electron chi connectivity index (χ3n) is 10.7. The van der Waals surface area contributed by atoms with E-state index in [-0.39, 0.29) is 30.0 Å². The summed E-state index contributed by atoms with van der Waals surface area (Å²) in [4.78, 5) is 59.2. The molecule has 4 aromatic carbocycles. The van der Waals surface area contributed by atoms with Crippen LogP contribution in [0, 0.1) is 38.9 Å². The van der Waals surface area contributed by atoms with Gasteiger partial charge < -0.3 is 5.11 Å². The van der Waals surface area contributed by atoms with Gasteiger partial charge in [0.2, 0.25) is 11.8 Å². The molecule has 252 valence electrons. The predicted molar refractivity (Wildman–Crippen MR) is 189 cm³/mol. The molecule has 6 atom stereocenters. The Morgan fingerprint density at radius 3 is 2.24 bits per heavy atom. The summed E-state index contributed by atoms with van der Waals surface area (Å²) < 4.78 is 30.0. The van der Waals surface area contributed by atoms with Crippen LogP contribution in [0.15, 0.2) is 103 Å². The average molecular weight is 806 g/mol. The minimum atomic E-state index is -1.74. The molecule has 2 saturated heterocycles. The summed E-state index contributed by atoms with van der Waals surface area (Å²) in [5, 5.41) is 12.6. The van der Waals surface area contributed by atoms with E-state index in [0.29, 0.717) is 21.8 Å². The zero-order chi connectivity index (χ0) is 35.1. The number of fused-ring (bicyclic) bond motifs is 4. The van der Waals surface area contributed by atoms with Crippen LogP contribution < -0.4 is 10.3 Å². The Labute approximate surface area is 303 Å². The molecule has 2 heterocycles. The van der Waals surface area contributed by atoms with Crippen LogP contribution in [0.2, 0.25) is 5.02 Å². The van der Waals surface area contributed by atoms with Crippen molar-refractivity contribution in [3.05, 3.63) is 134 Å². The normalized spacial score (nSPS) is 27.2. The van der Waals surface area contributed by atoms with Crippen LogP contribution >= 0.6 is 34.2 Å². The van der Waals surface area contributed by atoms with Gasteiger partial charge >= 0.3 is 0 Å². The van der Waals surface area contributed by atoms with Gasteiger partial charge in [-0.1, -0.05) is 47.5 Å². The lowest BCUT2D eigenvalue weighted by Crippen LogP contribution is -2.53. The van der Waals surface area contributed by atoms with Crippen LogP contribution in [0.25, 0.3) is 0 Å². The van der Waals surface area contributed by atoms with Gasteiger partial charge in [0.1, 0.15) is 5.82 Å². The number of nitrogens with one attached hydrogen (secondary N) is 1. The van der Waals surface area contributed by atoms with E-state index in [4.69, 9.17) is 11.6 Å². The number of anilines is 2. The van der Waals surface area contributed by atoms with Crippen molar-refractivity contribution >= 4 is 69.2 Å². The van der Waals surface area contributed by atoms with Gasteiger partial charge in [-0.25, -0.2) is 8.78 Å². The Morgan fingerprint density at radius 2 is 1.54 bits per heavy atom. The maximum Gasteiger partial charge on any atom is 0.260 e. The Balaban J connectivity index is 1.33. The number of hydrogen-bond acceptors (Lipinski definition) is 6. The third kappa shape index (κ3) is 4.73. The van der Waals surface area contributed by atoms with Gasteiger partial charge in [-0.15, -0.1) is 0 Å². The first-order valence-corrected chi connectivity index (χ1v) is 17.5. The van der Waals surface area contributed by atoms with Crippen LogP contribution in [-0.4, -0.2) is 33.7 Å². The highest BCUT2D eigenvalue weighted by atomic mass is 127. The minimum absolute atomic E-state index is 0.00786. The third-order valence-corrected chi connectivity index (χ3v) is 11.6. The quantitative estimate of drug-likeness (QED) is 0.127. The van der Waals surface area contributed by atoms with Crippen LogP contribution in [0.1, 0.15) is 29.9 Å². The number of phenols is 1. The van der Waals surface area contributed by atoms with Crippen molar-refractivity contribution in [1.29, 1.82) is 0 Å². The van der Waals surface area contributed by atoms with Crippen molar-refractivity contribution in [2.45, 2.75) is 24.2 Å². The topological polar surface area (TPSA) is 107 Å². The summed E-state index contributed by atoms with van der Waals surface area (Å²) in [6.07, 6.45) is 1.99. The maximum atomic E-state index is 15.3.